The average molecular weight is 1410 g/mol. The summed E-state index contributed by atoms with van der Waals surface area (Å²) in [6.07, 6.45) is 51.6. The third-order valence-corrected chi connectivity index (χ3v) is 20.1. The highest BCUT2D eigenvalue weighted by atomic mass is 31.2. The molecule has 0 aromatic rings. The second-order valence-corrected chi connectivity index (χ2v) is 32.3. The van der Waals surface area contributed by atoms with Gasteiger partial charge in [0.1, 0.15) is 19.3 Å². The van der Waals surface area contributed by atoms with Crippen molar-refractivity contribution >= 4 is 39.5 Å². The molecule has 19 heteroatoms. The minimum atomic E-state index is -4.96. The zero-order valence-corrected chi connectivity index (χ0v) is 64.8. The lowest BCUT2D eigenvalue weighted by Crippen LogP contribution is -2.30. The fourth-order valence-corrected chi connectivity index (χ4v) is 13.3. The number of unbranched alkanes of at least 4 members (excludes halogenated alkanes) is 39. The first-order valence-corrected chi connectivity index (χ1v) is 42.7. The Balaban J connectivity index is 5.19. The Morgan fingerprint density at radius 2 is 0.500 bits per heavy atom. The zero-order valence-electron chi connectivity index (χ0n) is 63.0. The molecule has 0 bridgehead atoms. The van der Waals surface area contributed by atoms with E-state index in [9.17, 15) is 43.2 Å². The molecule has 0 heterocycles. The molecule has 6 atom stereocenters. The molecule has 0 saturated heterocycles. The van der Waals surface area contributed by atoms with Crippen molar-refractivity contribution in [3.63, 3.8) is 0 Å². The molecule has 0 aromatic carbocycles. The number of hydrogen-bond acceptors (Lipinski definition) is 15. The van der Waals surface area contributed by atoms with Gasteiger partial charge in [0.15, 0.2) is 12.2 Å². The highest BCUT2D eigenvalue weighted by Gasteiger charge is 2.30. The lowest BCUT2D eigenvalue weighted by Gasteiger charge is -2.21. The van der Waals surface area contributed by atoms with Gasteiger partial charge >= 0.3 is 39.5 Å². The summed E-state index contributed by atoms with van der Waals surface area (Å²) in [5.74, 6) is 0.901. The summed E-state index contributed by atoms with van der Waals surface area (Å²) < 4.78 is 68.5. The molecule has 0 aliphatic carbocycles. The van der Waals surface area contributed by atoms with Crippen LogP contribution in [0.5, 0.6) is 0 Å². The summed E-state index contributed by atoms with van der Waals surface area (Å²) in [7, 11) is -9.91. The molecule has 4 unspecified atom stereocenters. The topological polar surface area (TPSA) is 237 Å². The van der Waals surface area contributed by atoms with Gasteiger partial charge in [-0.3, -0.25) is 37.3 Å². The van der Waals surface area contributed by atoms with Crippen LogP contribution in [0, 0.1) is 23.7 Å². The van der Waals surface area contributed by atoms with Gasteiger partial charge in [0.2, 0.25) is 0 Å². The first-order valence-electron chi connectivity index (χ1n) is 39.7. The van der Waals surface area contributed by atoms with Gasteiger partial charge in [0.25, 0.3) is 0 Å². The van der Waals surface area contributed by atoms with E-state index in [1.807, 2.05) is 0 Å². The first-order chi connectivity index (χ1) is 46.1. The van der Waals surface area contributed by atoms with E-state index in [1.54, 1.807) is 0 Å². The van der Waals surface area contributed by atoms with Crippen molar-refractivity contribution in [3.05, 3.63) is 0 Å². The van der Waals surface area contributed by atoms with Gasteiger partial charge in [-0.1, -0.05) is 338 Å². The number of carbonyl (C=O) groups is 4. The smallest absolute Gasteiger partial charge is 0.462 e. The van der Waals surface area contributed by atoms with Crippen LogP contribution in [0.4, 0.5) is 0 Å². The zero-order chi connectivity index (χ0) is 71.0. The Morgan fingerprint density at radius 1 is 0.292 bits per heavy atom. The molecule has 0 amide bonds. The summed E-state index contributed by atoms with van der Waals surface area (Å²) in [6, 6.07) is 0. The van der Waals surface area contributed by atoms with Crippen LogP contribution in [-0.4, -0.2) is 96.7 Å². The highest BCUT2D eigenvalue weighted by molar-refractivity contribution is 7.47. The van der Waals surface area contributed by atoms with Crippen LogP contribution in [0.2, 0.25) is 0 Å². The number of esters is 4. The van der Waals surface area contributed by atoms with Gasteiger partial charge in [-0.15, -0.1) is 0 Å². The Morgan fingerprint density at radius 3 is 0.740 bits per heavy atom. The van der Waals surface area contributed by atoms with E-state index >= 15 is 0 Å². The van der Waals surface area contributed by atoms with Crippen LogP contribution in [0.15, 0.2) is 0 Å². The number of phosphoric ester groups is 2. The van der Waals surface area contributed by atoms with E-state index in [4.69, 9.17) is 37.0 Å². The van der Waals surface area contributed by atoms with Crippen molar-refractivity contribution in [2.24, 2.45) is 23.7 Å². The Bertz CT molecular complexity index is 1890. The summed E-state index contributed by atoms with van der Waals surface area (Å²) in [5, 5.41) is 10.6. The summed E-state index contributed by atoms with van der Waals surface area (Å²) in [6.45, 7) is 14.1. The van der Waals surface area contributed by atoms with Crippen molar-refractivity contribution in [3.8, 4) is 0 Å². The maximum atomic E-state index is 13.1. The number of rotatable bonds is 74. The van der Waals surface area contributed by atoms with Crippen LogP contribution >= 0.6 is 15.6 Å². The van der Waals surface area contributed by atoms with Gasteiger partial charge < -0.3 is 33.8 Å². The standard InChI is InChI=1S/C77H150O17P2/c1-9-70(8)56-48-40-35-36-44-52-60-77(82)94-73(64-88-75(80)58-50-42-34-28-31-39-47-55-69(6)7)66-92-96(85,86)90-62-71(78)61-89-95(83,84)91-65-72(93-76(81)59-51-43-33-27-23-19-18-21-25-30-38-46-54-68(4)5)63-87-74(79)57-49-41-32-26-22-17-15-13-11-10-12-14-16-20-24-29-37-45-53-67(2)3/h67-73,78H,9-66H2,1-8H3,(H,83,84)(H,85,86)/t70?,71?,72-,73-/m1/s1. The van der Waals surface area contributed by atoms with E-state index < -0.39 is 97.5 Å². The van der Waals surface area contributed by atoms with Crippen molar-refractivity contribution < 1.29 is 80.2 Å². The van der Waals surface area contributed by atoms with Crippen molar-refractivity contribution in [2.45, 2.75) is 408 Å². The van der Waals surface area contributed by atoms with Crippen molar-refractivity contribution in [1.29, 1.82) is 0 Å². The summed E-state index contributed by atoms with van der Waals surface area (Å²) >= 11 is 0. The van der Waals surface area contributed by atoms with E-state index in [1.165, 1.54) is 186 Å². The Labute approximate surface area is 588 Å². The minimum Gasteiger partial charge on any atom is -0.462 e. The third-order valence-electron chi connectivity index (χ3n) is 18.2. The predicted molar refractivity (Wildman–Crippen MR) is 391 cm³/mol. The third kappa shape index (κ3) is 69.2. The Kier molecular flexibility index (Phi) is 65.0. The van der Waals surface area contributed by atoms with Gasteiger partial charge in [-0.2, -0.15) is 0 Å². The molecule has 0 aliphatic rings. The molecular weight excluding hydrogens is 1260 g/mol. The molecule has 0 rings (SSSR count). The molecule has 3 N–H and O–H groups in total. The second kappa shape index (κ2) is 66.3. The number of aliphatic hydroxyl groups excluding tert-OH is 1. The number of hydrogen-bond donors (Lipinski definition) is 3. The maximum absolute atomic E-state index is 13.1. The normalized spacial score (nSPS) is 14.4. The van der Waals surface area contributed by atoms with Crippen LogP contribution in [0.25, 0.3) is 0 Å². The molecular formula is C77H150O17P2. The van der Waals surface area contributed by atoms with Crippen LogP contribution < -0.4 is 0 Å². The number of phosphoric acid groups is 2. The summed E-state index contributed by atoms with van der Waals surface area (Å²) in [4.78, 5) is 72.8. The average Bonchev–Trinajstić information content (AvgIpc) is 1.23. The van der Waals surface area contributed by atoms with Gasteiger partial charge in [0, 0.05) is 25.7 Å². The summed E-state index contributed by atoms with van der Waals surface area (Å²) in [5.41, 5.74) is 0. The largest absolute Gasteiger partial charge is 0.472 e. The SMILES string of the molecule is CCC(C)CCCCCCCCC(=O)O[C@H](COC(=O)CCCCCCCCCC(C)C)COP(=O)(O)OCC(O)COP(=O)(O)OC[C@@H](COC(=O)CCCCCCCCCCCCCCCCCCCCC(C)C)OC(=O)CCCCCCCCCCCCCCC(C)C. The quantitative estimate of drug-likeness (QED) is 0.0222. The monoisotopic (exact) mass is 1410 g/mol. The maximum Gasteiger partial charge on any atom is 0.472 e. The second-order valence-electron chi connectivity index (χ2n) is 29.4. The number of carbonyl (C=O) groups excluding carboxylic acids is 4. The number of ether oxygens (including phenoxy) is 4. The molecule has 17 nitrogen and oxygen atoms in total. The molecule has 96 heavy (non-hydrogen) atoms. The molecule has 0 spiro atoms. The molecule has 570 valence electrons. The van der Waals surface area contributed by atoms with Crippen LogP contribution in [0.3, 0.4) is 0 Å². The lowest BCUT2D eigenvalue weighted by molar-refractivity contribution is -0.161. The fourth-order valence-electron chi connectivity index (χ4n) is 11.7. The Hall–Kier alpha value is -1.94. The lowest BCUT2D eigenvalue weighted by atomic mass is 10.00. The molecule has 0 radical (unpaired) electrons. The van der Waals surface area contributed by atoms with E-state index in [0.717, 1.165) is 114 Å². The fraction of sp³-hybridized carbons (Fsp3) is 0.948. The predicted octanol–water partition coefficient (Wildman–Crippen LogP) is 22.4. The van der Waals surface area contributed by atoms with Crippen LogP contribution in [-0.2, 0) is 65.4 Å². The minimum absolute atomic E-state index is 0.102. The molecule has 0 fully saturated rings. The van der Waals surface area contributed by atoms with E-state index in [0.29, 0.717) is 31.6 Å². The van der Waals surface area contributed by atoms with E-state index in [2.05, 4.69) is 55.4 Å². The first kappa shape index (κ1) is 94.1. The van der Waals surface area contributed by atoms with Crippen molar-refractivity contribution in [1.82, 2.24) is 0 Å². The van der Waals surface area contributed by atoms with Crippen molar-refractivity contribution in [2.75, 3.05) is 39.6 Å². The van der Waals surface area contributed by atoms with Gasteiger partial charge in [-0.25, -0.2) is 9.13 Å². The van der Waals surface area contributed by atoms with Gasteiger partial charge in [0.05, 0.1) is 26.4 Å². The number of aliphatic hydroxyl groups is 1. The molecule has 0 aromatic heterocycles. The van der Waals surface area contributed by atoms with E-state index in [-0.39, 0.29) is 25.7 Å². The molecule has 0 aliphatic heterocycles. The van der Waals surface area contributed by atoms with Crippen LogP contribution in [0.1, 0.15) is 389 Å². The molecule has 0 saturated carbocycles. The van der Waals surface area contributed by atoms with Gasteiger partial charge in [-0.05, 0) is 49.4 Å². The highest BCUT2D eigenvalue weighted by Crippen LogP contribution is 2.45.